The van der Waals surface area contributed by atoms with Crippen LogP contribution in [0.2, 0.25) is 0 Å². The first-order valence-electron chi connectivity index (χ1n) is 6.36. The highest BCUT2D eigenvalue weighted by atomic mass is 16.5. The second kappa shape index (κ2) is 6.03. The van der Waals surface area contributed by atoms with Crippen molar-refractivity contribution >= 4 is 0 Å². The molecular formula is C14H22N2O. The number of methoxy groups -OCH3 is 1. The Bertz CT molecular complexity index is 359. The molecule has 0 unspecified atom stereocenters. The lowest BCUT2D eigenvalue weighted by molar-refractivity contribution is 0.331. The molecule has 3 nitrogen and oxygen atoms in total. The molecule has 17 heavy (non-hydrogen) atoms. The van der Waals surface area contributed by atoms with Crippen LogP contribution >= 0.6 is 0 Å². The lowest BCUT2D eigenvalue weighted by Crippen LogP contribution is -2.18. The van der Waals surface area contributed by atoms with Crippen LogP contribution in [-0.4, -0.2) is 32.1 Å². The zero-order valence-corrected chi connectivity index (χ0v) is 10.8. The molecule has 2 rings (SSSR count). The van der Waals surface area contributed by atoms with Gasteiger partial charge in [0.1, 0.15) is 5.75 Å². The predicted molar refractivity (Wildman–Crippen MR) is 70.3 cm³/mol. The Morgan fingerprint density at radius 2 is 2.06 bits per heavy atom. The molecule has 1 aromatic carbocycles. The van der Waals surface area contributed by atoms with Crippen molar-refractivity contribution < 1.29 is 4.74 Å². The Labute approximate surface area is 104 Å². The molecular weight excluding hydrogens is 212 g/mol. The summed E-state index contributed by atoms with van der Waals surface area (Å²) in [6.07, 6.45) is 2.69. The fraction of sp³-hybridized carbons (Fsp3) is 0.571. The molecule has 1 fully saturated rings. The Morgan fingerprint density at radius 1 is 1.29 bits per heavy atom. The Hall–Kier alpha value is -1.06. The molecule has 0 bridgehead atoms. The van der Waals surface area contributed by atoms with E-state index in [9.17, 15) is 0 Å². The van der Waals surface area contributed by atoms with E-state index in [-0.39, 0.29) is 0 Å². The van der Waals surface area contributed by atoms with Gasteiger partial charge in [0.25, 0.3) is 0 Å². The zero-order chi connectivity index (χ0) is 12.1. The van der Waals surface area contributed by atoms with Crippen molar-refractivity contribution in [2.75, 3.05) is 27.2 Å². The van der Waals surface area contributed by atoms with E-state index in [2.05, 4.69) is 28.4 Å². The molecule has 1 aliphatic rings. The Balaban J connectivity index is 2.08. The van der Waals surface area contributed by atoms with E-state index < -0.39 is 0 Å². The zero-order valence-electron chi connectivity index (χ0n) is 10.8. The van der Waals surface area contributed by atoms with E-state index in [4.69, 9.17) is 4.74 Å². The van der Waals surface area contributed by atoms with Crippen molar-refractivity contribution in [2.24, 2.45) is 0 Å². The summed E-state index contributed by atoms with van der Waals surface area (Å²) in [7, 11) is 3.70. The van der Waals surface area contributed by atoms with Crippen LogP contribution in [0.3, 0.4) is 0 Å². The minimum absolute atomic E-state index is 0.858. The van der Waals surface area contributed by atoms with E-state index in [1.807, 2.05) is 7.05 Å². The van der Waals surface area contributed by atoms with Crippen LogP contribution < -0.4 is 10.1 Å². The highest BCUT2D eigenvalue weighted by molar-refractivity contribution is 5.37. The first-order chi connectivity index (χ1) is 8.33. The van der Waals surface area contributed by atoms with Gasteiger partial charge in [-0.05, 0) is 50.7 Å². The van der Waals surface area contributed by atoms with Gasteiger partial charge in [-0.15, -0.1) is 0 Å². The van der Waals surface area contributed by atoms with Crippen molar-refractivity contribution in [3.05, 3.63) is 29.3 Å². The molecule has 0 radical (unpaired) electrons. The van der Waals surface area contributed by atoms with Crippen LogP contribution in [0.1, 0.15) is 24.0 Å². The molecule has 1 aromatic rings. The third-order valence-corrected chi connectivity index (χ3v) is 3.32. The normalized spacial score (nSPS) is 16.4. The summed E-state index contributed by atoms with van der Waals surface area (Å²) in [5, 5.41) is 3.19. The maximum Gasteiger partial charge on any atom is 0.123 e. The molecule has 1 aliphatic heterocycles. The van der Waals surface area contributed by atoms with Gasteiger partial charge in [-0.1, -0.05) is 6.07 Å². The average molecular weight is 234 g/mol. The van der Waals surface area contributed by atoms with Crippen molar-refractivity contribution in [2.45, 2.75) is 25.9 Å². The first kappa shape index (κ1) is 12.4. The van der Waals surface area contributed by atoms with Crippen LogP contribution in [0.25, 0.3) is 0 Å². The van der Waals surface area contributed by atoms with E-state index >= 15 is 0 Å². The number of nitrogens with zero attached hydrogens (tertiary/aromatic N) is 1. The van der Waals surface area contributed by atoms with Gasteiger partial charge in [-0.25, -0.2) is 0 Å². The molecule has 1 saturated heterocycles. The van der Waals surface area contributed by atoms with Crippen molar-refractivity contribution in [1.82, 2.24) is 10.2 Å². The SMILES string of the molecule is CNCc1cc(CN2CCCC2)ccc1OC. The van der Waals surface area contributed by atoms with Gasteiger partial charge in [0.2, 0.25) is 0 Å². The van der Waals surface area contributed by atoms with Gasteiger partial charge in [-0.2, -0.15) is 0 Å². The molecule has 0 amide bonds. The molecule has 0 saturated carbocycles. The molecule has 0 atom stereocenters. The Kier molecular flexibility index (Phi) is 4.40. The summed E-state index contributed by atoms with van der Waals surface area (Å²) in [6, 6.07) is 6.52. The molecule has 1 N–H and O–H groups in total. The second-order valence-corrected chi connectivity index (χ2v) is 4.66. The van der Waals surface area contributed by atoms with Crippen molar-refractivity contribution in [3.8, 4) is 5.75 Å². The summed E-state index contributed by atoms with van der Waals surface area (Å²) in [4.78, 5) is 2.52. The first-order valence-corrected chi connectivity index (χ1v) is 6.36. The van der Waals surface area contributed by atoms with E-state index in [0.717, 1.165) is 18.8 Å². The number of likely N-dealkylation sites (tertiary alicyclic amines) is 1. The van der Waals surface area contributed by atoms with Crippen LogP contribution in [0.15, 0.2) is 18.2 Å². The highest BCUT2D eigenvalue weighted by Crippen LogP contribution is 2.21. The molecule has 0 aromatic heterocycles. The van der Waals surface area contributed by atoms with Gasteiger partial charge >= 0.3 is 0 Å². The lowest BCUT2D eigenvalue weighted by atomic mass is 10.1. The highest BCUT2D eigenvalue weighted by Gasteiger charge is 2.12. The molecule has 1 heterocycles. The predicted octanol–water partition coefficient (Wildman–Crippen LogP) is 2.01. The van der Waals surface area contributed by atoms with Gasteiger partial charge in [0.05, 0.1) is 7.11 Å². The summed E-state index contributed by atoms with van der Waals surface area (Å²) in [5.74, 6) is 0.976. The third kappa shape index (κ3) is 3.20. The van der Waals surface area contributed by atoms with Crippen LogP contribution in [-0.2, 0) is 13.1 Å². The lowest BCUT2D eigenvalue weighted by Gasteiger charge is -2.16. The minimum Gasteiger partial charge on any atom is -0.496 e. The standard InChI is InChI=1S/C14H22N2O/c1-15-10-13-9-12(5-6-14(13)17-2)11-16-7-3-4-8-16/h5-6,9,15H,3-4,7-8,10-11H2,1-2H3. The fourth-order valence-corrected chi connectivity index (χ4v) is 2.46. The maximum absolute atomic E-state index is 5.37. The summed E-state index contributed by atoms with van der Waals surface area (Å²) in [5.41, 5.74) is 2.63. The summed E-state index contributed by atoms with van der Waals surface area (Å²) >= 11 is 0. The van der Waals surface area contributed by atoms with E-state index in [1.165, 1.54) is 37.1 Å². The molecule has 0 spiro atoms. The van der Waals surface area contributed by atoms with Crippen LogP contribution in [0, 0.1) is 0 Å². The van der Waals surface area contributed by atoms with Gasteiger partial charge in [-0.3, -0.25) is 4.90 Å². The number of nitrogens with one attached hydrogen (secondary N) is 1. The molecule has 94 valence electrons. The minimum atomic E-state index is 0.858. The van der Waals surface area contributed by atoms with E-state index in [1.54, 1.807) is 7.11 Å². The van der Waals surface area contributed by atoms with Gasteiger partial charge in [0, 0.05) is 18.7 Å². The van der Waals surface area contributed by atoms with Crippen molar-refractivity contribution in [1.29, 1.82) is 0 Å². The van der Waals surface area contributed by atoms with Crippen molar-refractivity contribution in [3.63, 3.8) is 0 Å². The molecule has 0 aliphatic carbocycles. The number of rotatable bonds is 5. The second-order valence-electron chi connectivity index (χ2n) is 4.66. The number of hydrogen-bond acceptors (Lipinski definition) is 3. The topological polar surface area (TPSA) is 24.5 Å². The number of hydrogen-bond donors (Lipinski definition) is 1. The number of ether oxygens (including phenoxy) is 1. The van der Waals surface area contributed by atoms with Gasteiger partial charge in [0.15, 0.2) is 0 Å². The van der Waals surface area contributed by atoms with E-state index in [0.29, 0.717) is 0 Å². The third-order valence-electron chi connectivity index (χ3n) is 3.32. The van der Waals surface area contributed by atoms with Crippen LogP contribution in [0.5, 0.6) is 5.75 Å². The Morgan fingerprint density at radius 3 is 2.71 bits per heavy atom. The maximum atomic E-state index is 5.37. The monoisotopic (exact) mass is 234 g/mol. The fourth-order valence-electron chi connectivity index (χ4n) is 2.46. The molecule has 3 heteroatoms. The summed E-state index contributed by atoms with van der Waals surface area (Å²) < 4.78 is 5.37. The van der Waals surface area contributed by atoms with Gasteiger partial charge < -0.3 is 10.1 Å². The summed E-state index contributed by atoms with van der Waals surface area (Å²) in [6.45, 7) is 4.42. The average Bonchev–Trinajstić information content (AvgIpc) is 2.83. The smallest absolute Gasteiger partial charge is 0.123 e. The quantitative estimate of drug-likeness (QED) is 0.843. The van der Waals surface area contributed by atoms with Crippen LogP contribution in [0.4, 0.5) is 0 Å². The largest absolute Gasteiger partial charge is 0.496 e. The number of benzene rings is 1.